The topological polar surface area (TPSA) is 186 Å². The summed E-state index contributed by atoms with van der Waals surface area (Å²) in [5.41, 5.74) is -0.333. The molecule has 7 atom stereocenters. The van der Waals surface area contributed by atoms with Crippen LogP contribution in [0.3, 0.4) is 0 Å². The number of hydrogen-bond acceptors (Lipinski definition) is 7. The number of carbonyl (C=O) groups is 6. The van der Waals surface area contributed by atoms with Gasteiger partial charge >= 0.3 is 11.8 Å². The normalized spacial score (nSPS) is 24.1. The molecule has 13 heteroatoms. The molecular formula is C40H60N6O7. The van der Waals surface area contributed by atoms with Gasteiger partial charge in [0.25, 0.3) is 5.91 Å². The van der Waals surface area contributed by atoms with Gasteiger partial charge in [0.15, 0.2) is 6.10 Å². The molecule has 0 bridgehead atoms. The first kappa shape index (κ1) is 40.2. The Morgan fingerprint density at radius 1 is 0.811 bits per heavy atom. The molecule has 1 aliphatic heterocycles. The summed E-state index contributed by atoms with van der Waals surface area (Å²) in [6, 6.07) is 4.71. The number of fused-ring (bicyclic) bond motifs is 1. The second-order valence-corrected chi connectivity index (χ2v) is 16.7. The fourth-order valence-corrected chi connectivity index (χ4v) is 8.42. The van der Waals surface area contributed by atoms with E-state index in [4.69, 9.17) is 0 Å². The van der Waals surface area contributed by atoms with Gasteiger partial charge in [0.05, 0.1) is 6.04 Å². The Morgan fingerprint density at radius 2 is 1.47 bits per heavy atom. The molecule has 6 amide bonds. The number of nitrogens with zero attached hydrogens (tertiary/aromatic N) is 1. The van der Waals surface area contributed by atoms with E-state index in [9.17, 15) is 33.9 Å². The number of para-hydroxylation sites is 1. The van der Waals surface area contributed by atoms with Gasteiger partial charge in [-0.2, -0.15) is 0 Å². The molecule has 53 heavy (non-hydrogen) atoms. The van der Waals surface area contributed by atoms with Gasteiger partial charge in [-0.15, -0.1) is 0 Å². The Labute approximate surface area is 313 Å². The van der Waals surface area contributed by atoms with Crippen molar-refractivity contribution < 1.29 is 33.9 Å². The summed E-state index contributed by atoms with van der Waals surface area (Å²) in [6.07, 6.45) is 9.44. The fraction of sp³-hybridized carbons (Fsp3) is 0.700. The Balaban J connectivity index is 1.36. The van der Waals surface area contributed by atoms with Crippen molar-refractivity contribution in [2.75, 3.05) is 5.32 Å². The molecule has 1 saturated heterocycles. The number of aliphatic hydroxyl groups excluding tert-OH is 1. The first-order chi connectivity index (χ1) is 25.3. The van der Waals surface area contributed by atoms with Crippen LogP contribution in [0.2, 0.25) is 0 Å². The first-order valence-electron chi connectivity index (χ1n) is 19.9. The number of amides is 6. The number of aliphatic hydroxyl groups is 1. The van der Waals surface area contributed by atoms with Crippen molar-refractivity contribution in [2.45, 2.75) is 160 Å². The highest BCUT2D eigenvalue weighted by Gasteiger charge is 2.51. The zero-order valence-corrected chi connectivity index (χ0v) is 31.8. The van der Waals surface area contributed by atoms with Crippen LogP contribution in [0.1, 0.15) is 118 Å². The molecule has 6 N–H and O–H groups in total. The molecule has 5 rings (SSSR count). The minimum Gasteiger partial charge on any atom is -0.381 e. The molecule has 3 unspecified atom stereocenters. The van der Waals surface area contributed by atoms with Gasteiger partial charge in [0, 0.05) is 17.8 Å². The van der Waals surface area contributed by atoms with Crippen molar-refractivity contribution in [3.05, 3.63) is 30.3 Å². The fourth-order valence-electron chi connectivity index (χ4n) is 8.42. The van der Waals surface area contributed by atoms with Crippen molar-refractivity contribution >= 4 is 41.1 Å². The molecule has 4 aliphatic rings. The van der Waals surface area contributed by atoms with Gasteiger partial charge in [-0.25, -0.2) is 0 Å². The average Bonchev–Trinajstić information content (AvgIpc) is 3.87. The number of anilines is 1. The molecule has 4 fully saturated rings. The highest BCUT2D eigenvalue weighted by atomic mass is 16.3. The van der Waals surface area contributed by atoms with Crippen molar-refractivity contribution in [3.8, 4) is 0 Å². The van der Waals surface area contributed by atoms with Crippen LogP contribution >= 0.6 is 0 Å². The molecule has 0 radical (unpaired) electrons. The summed E-state index contributed by atoms with van der Waals surface area (Å²) in [6.45, 7) is 7.48. The third kappa shape index (κ3) is 10.4. The summed E-state index contributed by atoms with van der Waals surface area (Å²) in [5.74, 6) is -3.79. The van der Waals surface area contributed by atoms with Crippen LogP contribution in [0.25, 0.3) is 0 Å². The van der Waals surface area contributed by atoms with E-state index in [-0.39, 0.29) is 29.8 Å². The molecule has 13 nitrogen and oxygen atoms in total. The average molecular weight is 737 g/mol. The van der Waals surface area contributed by atoms with Gasteiger partial charge < -0.3 is 36.6 Å². The van der Waals surface area contributed by atoms with Crippen LogP contribution in [0.5, 0.6) is 0 Å². The van der Waals surface area contributed by atoms with E-state index in [0.717, 1.165) is 57.8 Å². The smallest absolute Gasteiger partial charge is 0.313 e. The summed E-state index contributed by atoms with van der Waals surface area (Å²) < 4.78 is 0. The minimum atomic E-state index is -1.42. The van der Waals surface area contributed by atoms with Gasteiger partial charge in [-0.3, -0.25) is 28.8 Å². The van der Waals surface area contributed by atoms with E-state index in [2.05, 4.69) is 26.6 Å². The molecule has 1 aromatic carbocycles. The van der Waals surface area contributed by atoms with E-state index in [1.807, 2.05) is 27.7 Å². The zero-order chi connectivity index (χ0) is 38.3. The third-order valence-corrected chi connectivity index (χ3v) is 11.5. The lowest BCUT2D eigenvalue weighted by Gasteiger charge is -2.40. The van der Waals surface area contributed by atoms with Crippen LogP contribution in [-0.4, -0.2) is 87.8 Å². The Hall–Kier alpha value is -4.00. The monoisotopic (exact) mass is 736 g/mol. The number of nitrogens with one attached hydrogen (secondary N) is 5. The van der Waals surface area contributed by atoms with E-state index in [0.29, 0.717) is 37.8 Å². The van der Waals surface area contributed by atoms with E-state index >= 15 is 0 Å². The van der Waals surface area contributed by atoms with Crippen LogP contribution in [-0.2, 0) is 28.8 Å². The van der Waals surface area contributed by atoms with Crippen LogP contribution in [0.15, 0.2) is 30.3 Å². The lowest BCUT2D eigenvalue weighted by atomic mass is 9.81. The van der Waals surface area contributed by atoms with E-state index in [1.54, 1.807) is 35.2 Å². The number of likely N-dealkylation sites (tertiary alicyclic amines) is 1. The lowest BCUT2D eigenvalue weighted by molar-refractivity contribution is -0.147. The van der Waals surface area contributed by atoms with Gasteiger partial charge in [0.2, 0.25) is 17.7 Å². The molecule has 1 aromatic rings. The predicted octanol–water partition coefficient (Wildman–Crippen LogP) is 3.31. The summed E-state index contributed by atoms with van der Waals surface area (Å²) in [4.78, 5) is 83.9. The third-order valence-electron chi connectivity index (χ3n) is 11.5. The number of hydrogen-bond donors (Lipinski definition) is 6. The standard InChI is InChI=1S/C40H60N6O7/c1-5-14-28(32(47)36(50)41-27-21-22-27)43-34(48)30-23-25-17-12-13-20-29(25)46(30)39(53)33(40(2,3)4)45-35(49)31(24-15-8-6-9-16-24)44-38(52)37(51)42-26-18-10-7-11-19-26/h7,10-11,18-19,24-25,27-33,47H,5-6,8-9,12-17,20-23H2,1-4H3,(H,41,50)(H,42,51)(H,43,48)(H,44,52)(H,45,49)/t25?,28-,29?,30-,31-,32?,33+/m0/s1. The van der Waals surface area contributed by atoms with Crippen molar-refractivity contribution in [2.24, 2.45) is 17.3 Å². The Kier molecular flexibility index (Phi) is 13.6. The first-order valence-corrected chi connectivity index (χ1v) is 19.9. The summed E-state index contributed by atoms with van der Waals surface area (Å²) in [7, 11) is 0. The van der Waals surface area contributed by atoms with Gasteiger partial charge in [-0.05, 0) is 80.8 Å². The highest BCUT2D eigenvalue weighted by molar-refractivity contribution is 6.40. The second-order valence-electron chi connectivity index (χ2n) is 16.7. The zero-order valence-electron chi connectivity index (χ0n) is 31.8. The number of benzene rings is 1. The maximum atomic E-state index is 14.9. The molecule has 292 valence electrons. The van der Waals surface area contributed by atoms with Crippen molar-refractivity contribution in [3.63, 3.8) is 0 Å². The molecule has 0 spiro atoms. The van der Waals surface area contributed by atoms with Crippen molar-refractivity contribution in [1.82, 2.24) is 26.2 Å². The minimum absolute atomic E-state index is 0.0585. The quantitative estimate of drug-likeness (QED) is 0.168. The Morgan fingerprint density at radius 3 is 2.11 bits per heavy atom. The van der Waals surface area contributed by atoms with Crippen LogP contribution in [0, 0.1) is 17.3 Å². The maximum Gasteiger partial charge on any atom is 0.313 e. The molecular weight excluding hydrogens is 676 g/mol. The van der Waals surface area contributed by atoms with Crippen LogP contribution < -0.4 is 26.6 Å². The number of rotatable bonds is 13. The molecule has 3 saturated carbocycles. The van der Waals surface area contributed by atoms with E-state index < -0.39 is 65.2 Å². The van der Waals surface area contributed by atoms with E-state index in [1.165, 1.54) is 0 Å². The molecule has 1 heterocycles. The largest absolute Gasteiger partial charge is 0.381 e. The Bertz CT molecular complexity index is 1470. The SMILES string of the molecule is CCC[C@H](NC(=O)[C@@H]1CC2CCCCC2N1C(=O)[C@@H](NC(=O)[C@@H](NC(=O)C(=O)Nc1ccccc1)C1CCCCC1)C(C)(C)C)C(O)C(=O)NC1CC1. The molecule has 0 aromatic heterocycles. The second kappa shape index (κ2) is 17.9. The maximum absolute atomic E-state index is 14.9. The number of carbonyl (C=O) groups excluding carboxylic acids is 6. The summed E-state index contributed by atoms with van der Waals surface area (Å²) in [5, 5.41) is 25.0. The lowest BCUT2D eigenvalue weighted by Crippen LogP contribution is -2.63. The van der Waals surface area contributed by atoms with Gasteiger partial charge in [0.1, 0.15) is 18.1 Å². The summed E-state index contributed by atoms with van der Waals surface area (Å²) >= 11 is 0. The molecule has 3 aliphatic carbocycles. The van der Waals surface area contributed by atoms with Crippen LogP contribution in [0.4, 0.5) is 5.69 Å². The predicted molar refractivity (Wildman–Crippen MR) is 200 cm³/mol. The van der Waals surface area contributed by atoms with Crippen molar-refractivity contribution in [1.29, 1.82) is 0 Å². The highest BCUT2D eigenvalue weighted by Crippen LogP contribution is 2.41. The van der Waals surface area contributed by atoms with Gasteiger partial charge in [-0.1, -0.05) is 84.4 Å².